The maximum absolute atomic E-state index is 12.2. The molecule has 5 nitrogen and oxygen atoms in total. The Hall–Kier alpha value is -1.75. The van der Waals surface area contributed by atoms with Crippen LogP contribution >= 0.6 is 0 Å². The molecule has 1 aromatic carbocycles. The van der Waals surface area contributed by atoms with Gasteiger partial charge >= 0.3 is 0 Å². The zero-order chi connectivity index (χ0) is 12.4. The first kappa shape index (κ1) is 11.7. The Bertz CT molecular complexity index is 404. The Morgan fingerprint density at radius 2 is 1.82 bits per heavy atom. The summed E-state index contributed by atoms with van der Waals surface area (Å²) >= 11 is 0. The minimum Gasteiger partial charge on any atom is -0.496 e. The van der Waals surface area contributed by atoms with Crippen LogP contribution in [0.2, 0.25) is 0 Å². The van der Waals surface area contributed by atoms with Gasteiger partial charge < -0.3 is 19.5 Å². The number of carbonyl (C=O) groups excluding carboxylic acids is 1. The number of carbonyl (C=O) groups is 1. The summed E-state index contributed by atoms with van der Waals surface area (Å²) in [5.74, 6) is 0.788. The van der Waals surface area contributed by atoms with E-state index in [-0.39, 0.29) is 5.91 Å². The molecular formula is C12H15NO4. The van der Waals surface area contributed by atoms with E-state index in [0.717, 1.165) is 0 Å². The fourth-order valence-electron chi connectivity index (χ4n) is 1.84. The van der Waals surface area contributed by atoms with Gasteiger partial charge in [-0.1, -0.05) is 6.07 Å². The molecule has 0 bridgehead atoms. The van der Waals surface area contributed by atoms with Crippen molar-refractivity contribution in [3.63, 3.8) is 0 Å². The van der Waals surface area contributed by atoms with Crippen molar-refractivity contribution in [1.82, 2.24) is 4.90 Å². The van der Waals surface area contributed by atoms with E-state index < -0.39 is 6.10 Å². The van der Waals surface area contributed by atoms with Crippen LogP contribution in [0.1, 0.15) is 10.4 Å². The number of hydrogen-bond acceptors (Lipinski definition) is 4. The lowest BCUT2D eigenvalue weighted by Crippen LogP contribution is -2.53. The quantitative estimate of drug-likeness (QED) is 0.832. The third-order valence-corrected chi connectivity index (χ3v) is 2.79. The second kappa shape index (κ2) is 4.63. The average molecular weight is 237 g/mol. The number of benzene rings is 1. The number of aliphatic hydroxyl groups is 1. The number of hydrogen-bond donors (Lipinski definition) is 1. The molecule has 1 aliphatic rings. The molecule has 0 spiro atoms. The molecule has 5 heteroatoms. The predicted octanol–water partition coefficient (Wildman–Crippen LogP) is 0.520. The second-order valence-corrected chi connectivity index (χ2v) is 3.90. The van der Waals surface area contributed by atoms with Crippen molar-refractivity contribution >= 4 is 5.91 Å². The van der Waals surface area contributed by atoms with Gasteiger partial charge in [0.1, 0.15) is 17.1 Å². The van der Waals surface area contributed by atoms with Gasteiger partial charge in [0.25, 0.3) is 5.91 Å². The standard InChI is InChI=1S/C12H15NO4/c1-16-9-4-3-5-10(17-2)11(9)12(15)13-6-8(14)7-13/h3-5,8,14H,6-7H2,1-2H3. The zero-order valence-electron chi connectivity index (χ0n) is 9.84. The Kier molecular flexibility index (Phi) is 3.19. The average Bonchev–Trinajstić information content (AvgIpc) is 2.33. The predicted molar refractivity (Wildman–Crippen MR) is 61.5 cm³/mol. The van der Waals surface area contributed by atoms with Crippen LogP contribution in [0.5, 0.6) is 11.5 Å². The van der Waals surface area contributed by atoms with Gasteiger partial charge in [0.15, 0.2) is 0 Å². The van der Waals surface area contributed by atoms with Crippen LogP contribution in [0.15, 0.2) is 18.2 Å². The summed E-state index contributed by atoms with van der Waals surface area (Å²) in [6.45, 7) is 0.722. The summed E-state index contributed by atoms with van der Waals surface area (Å²) in [5, 5.41) is 9.21. The Morgan fingerprint density at radius 3 is 2.24 bits per heavy atom. The summed E-state index contributed by atoms with van der Waals surface area (Å²) in [7, 11) is 3.02. The summed E-state index contributed by atoms with van der Waals surface area (Å²) in [5.41, 5.74) is 0.407. The lowest BCUT2D eigenvalue weighted by atomic mass is 10.1. The molecule has 1 fully saturated rings. The molecule has 92 valence electrons. The number of ether oxygens (including phenoxy) is 2. The van der Waals surface area contributed by atoms with Crippen molar-refractivity contribution in [2.45, 2.75) is 6.10 Å². The molecular weight excluding hydrogens is 222 g/mol. The highest BCUT2D eigenvalue weighted by molar-refractivity contribution is 6.00. The van der Waals surface area contributed by atoms with Crippen molar-refractivity contribution in [2.24, 2.45) is 0 Å². The smallest absolute Gasteiger partial charge is 0.261 e. The van der Waals surface area contributed by atoms with Gasteiger partial charge in [0.05, 0.1) is 20.3 Å². The molecule has 1 heterocycles. The molecule has 1 saturated heterocycles. The van der Waals surface area contributed by atoms with E-state index in [1.165, 1.54) is 14.2 Å². The van der Waals surface area contributed by atoms with Crippen molar-refractivity contribution in [2.75, 3.05) is 27.3 Å². The molecule has 1 N–H and O–H groups in total. The molecule has 0 saturated carbocycles. The third kappa shape index (κ3) is 2.06. The molecule has 0 unspecified atom stereocenters. The summed E-state index contributed by atoms with van der Waals surface area (Å²) in [4.78, 5) is 13.7. The highest BCUT2D eigenvalue weighted by Gasteiger charge is 2.32. The number of likely N-dealkylation sites (tertiary alicyclic amines) is 1. The van der Waals surface area contributed by atoms with Crippen molar-refractivity contribution in [3.8, 4) is 11.5 Å². The minimum absolute atomic E-state index is 0.176. The normalized spacial score (nSPS) is 15.4. The lowest BCUT2D eigenvalue weighted by molar-refractivity contribution is 0.00550. The summed E-state index contributed by atoms with van der Waals surface area (Å²) in [6.07, 6.45) is -0.417. The van der Waals surface area contributed by atoms with E-state index in [0.29, 0.717) is 30.2 Å². The molecule has 0 aromatic heterocycles. The van der Waals surface area contributed by atoms with Crippen LogP contribution in [-0.2, 0) is 0 Å². The number of methoxy groups -OCH3 is 2. The van der Waals surface area contributed by atoms with Gasteiger partial charge in [-0.05, 0) is 12.1 Å². The Balaban J connectivity index is 2.32. The van der Waals surface area contributed by atoms with Crippen LogP contribution in [-0.4, -0.2) is 49.3 Å². The van der Waals surface area contributed by atoms with E-state index in [4.69, 9.17) is 9.47 Å². The molecule has 1 amide bonds. The van der Waals surface area contributed by atoms with Crippen molar-refractivity contribution in [3.05, 3.63) is 23.8 Å². The number of rotatable bonds is 3. The van der Waals surface area contributed by atoms with E-state index in [9.17, 15) is 9.90 Å². The van der Waals surface area contributed by atoms with Gasteiger partial charge in [0.2, 0.25) is 0 Å². The van der Waals surface area contributed by atoms with E-state index in [2.05, 4.69) is 0 Å². The third-order valence-electron chi connectivity index (χ3n) is 2.79. The van der Waals surface area contributed by atoms with Gasteiger partial charge in [-0.3, -0.25) is 4.79 Å². The highest BCUT2D eigenvalue weighted by Crippen LogP contribution is 2.30. The summed E-state index contributed by atoms with van der Waals surface area (Å²) < 4.78 is 10.3. The van der Waals surface area contributed by atoms with Crippen LogP contribution < -0.4 is 9.47 Å². The number of nitrogens with zero attached hydrogens (tertiary/aromatic N) is 1. The lowest BCUT2D eigenvalue weighted by Gasteiger charge is -2.36. The van der Waals surface area contributed by atoms with Gasteiger partial charge in [-0.15, -0.1) is 0 Å². The van der Waals surface area contributed by atoms with Gasteiger partial charge in [-0.25, -0.2) is 0 Å². The van der Waals surface area contributed by atoms with Gasteiger partial charge in [-0.2, -0.15) is 0 Å². The fraction of sp³-hybridized carbons (Fsp3) is 0.417. The van der Waals surface area contributed by atoms with E-state index in [1.807, 2.05) is 0 Å². The van der Waals surface area contributed by atoms with E-state index >= 15 is 0 Å². The van der Waals surface area contributed by atoms with Crippen LogP contribution in [0, 0.1) is 0 Å². The highest BCUT2D eigenvalue weighted by atomic mass is 16.5. The molecule has 1 aromatic rings. The van der Waals surface area contributed by atoms with Crippen LogP contribution in [0.25, 0.3) is 0 Å². The Labute approximate surface area is 99.6 Å². The van der Waals surface area contributed by atoms with Crippen LogP contribution in [0.4, 0.5) is 0 Å². The molecule has 1 aliphatic heterocycles. The second-order valence-electron chi connectivity index (χ2n) is 3.90. The SMILES string of the molecule is COc1cccc(OC)c1C(=O)N1CC(O)C1. The maximum Gasteiger partial charge on any atom is 0.261 e. The number of aliphatic hydroxyl groups excluding tert-OH is 1. The van der Waals surface area contributed by atoms with Crippen LogP contribution in [0.3, 0.4) is 0 Å². The van der Waals surface area contributed by atoms with Crippen molar-refractivity contribution < 1.29 is 19.4 Å². The molecule has 0 radical (unpaired) electrons. The van der Waals surface area contributed by atoms with Gasteiger partial charge in [0, 0.05) is 13.1 Å². The molecule has 2 rings (SSSR count). The number of amides is 1. The fourth-order valence-corrected chi connectivity index (χ4v) is 1.84. The van der Waals surface area contributed by atoms with E-state index in [1.54, 1.807) is 23.1 Å². The maximum atomic E-state index is 12.2. The first-order valence-electron chi connectivity index (χ1n) is 5.35. The monoisotopic (exact) mass is 237 g/mol. The molecule has 0 atom stereocenters. The number of β-amino-alcohol motifs (C(OH)–C–C–N with tert-alkyl or cyclic N) is 1. The molecule has 0 aliphatic carbocycles. The molecule has 17 heavy (non-hydrogen) atoms. The first-order valence-corrected chi connectivity index (χ1v) is 5.35. The minimum atomic E-state index is -0.417. The summed E-state index contributed by atoms with van der Waals surface area (Å²) in [6, 6.07) is 5.19. The topological polar surface area (TPSA) is 59.0 Å². The largest absolute Gasteiger partial charge is 0.496 e. The first-order chi connectivity index (χ1) is 8.17. The zero-order valence-corrected chi connectivity index (χ0v) is 9.84. The van der Waals surface area contributed by atoms with Crippen molar-refractivity contribution in [1.29, 1.82) is 0 Å². The Morgan fingerprint density at radius 1 is 1.29 bits per heavy atom.